The lowest BCUT2D eigenvalue weighted by molar-refractivity contribution is 0.211. The molecule has 0 spiro atoms. The fourth-order valence-electron chi connectivity index (χ4n) is 1.66. The Morgan fingerprint density at radius 2 is 2.07 bits per heavy atom. The summed E-state index contributed by atoms with van der Waals surface area (Å²) in [6.45, 7) is 2.29. The van der Waals surface area contributed by atoms with E-state index in [1.54, 1.807) is 0 Å². The van der Waals surface area contributed by atoms with Crippen molar-refractivity contribution in [3.8, 4) is 0 Å². The second-order valence-corrected chi connectivity index (χ2v) is 4.85. The third-order valence-corrected chi connectivity index (χ3v) is 3.46. The van der Waals surface area contributed by atoms with Gasteiger partial charge in [-0.15, -0.1) is 0 Å². The quantitative estimate of drug-likeness (QED) is 0.911. The molecule has 0 fully saturated rings. The van der Waals surface area contributed by atoms with Gasteiger partial charge < -0.3 is 10.0 Å². The highest BCUT2D eigenvalue weighted by atomic mass is 79.9. The zero-order valence-corrected chi connectivity index (χ0v) is 11.1. The minimum absolute atomic E-state index is 0.217. The van der Waals surface area contributed by atoms with Crippen molar-refractivity contribution in [2.75, 3.05) is 20.7 Å². The van der Waals surface area contributed by atoms with Crippen LogP contribution in [0.15, 0.2) is 22.7 Å². The van der Waals surface area contributed by atoms with Gasteiger partial charge in [-0.05, 0) is 44.6 Å². The SMILES string of the molecule is Cc1ccc(C(CCO)N(C)C)cc1Br. The summed E-state index contributed by atoms with van der Waals surface area (Å²) >= 11 is 3.53. The number of halogens is 1. The predicted molar refractivity (Wildman–Crippen MR) is 67.0 cm³/mol. The van der Waals surface area contributed by atoms with Crippen molar-refractivity contribution in [3.63, 3.8) is 0 Å². The van der Waals surface area contributed by atoms with E-state index in [4.69, 9.17) is 5.11 Å². The van der Waals surface area contributed by atoms with Crippen molar-refractivity contribution in [2.45, 2.75) is 19.4 Å². The van der Waals surface area contributed by atoms with Gasteiger partial charge in [0.2, 0.25) is 0 Å². The molecule has 0 aromatic heterocycles. The number of rotatable bonds is 4. The lowest BCUT2D eigenvalue weighted by Gasteiger charge is -2.24. The molecular weight excluding hydrogens is 254 g/mol. The Morgan fingerprint density at radius 1 is 1.40 bits per heavy atom. The van der Waals surface area contributed by atoms with E-state index in [1.165, 1.54) is 11.1 Å². The van der Waals surface area contributed by atoms with Crippen LogP contribution in [0.1, 0.15) is 23.6 Å². The maximum absolute atomic E-state index is 9.03. The van der Waals surface area contributed by atoms with Crippen LogP contribution in [-0.4, -0.2) is 30.7 Å². The summed E-state index contributed by atoms with van der Waals surface area (Å²) in [6, 6.07) is 6.65. The Bertz CT molecular complexity index is 325. The average Bonchev–Trinajstić information content (AvgIpc) is 2.18. The van der Waals surface area contributed by atoms with E-state index in [1.807, 2.05) is 14.1 Å². The molecule has 84 valence electrons. The van der Waals surface area contributed by atoms with Gasteiger partial charge in [0.05, 0.1) is 0 Å². The van der Waals surface area contributed by atoms with Gasteiger partial charge in [0, 0.05) is 17.1 Å². The molecule has 1 atom stereocenters. The molecule has 1 N–H and O–H groups in total. The second-order valence-electron chi connectivity index (χ2n) is 4.00. The highest BCUT2D eigenvalue weighted by Crippen LogP contribution is 2.26. The van der Waals surface area contributed by atoms with Crippen molar-refractivity contribution >= 4 is 15.9 Å². The van der Waals surface area contributed by atoms with E-state index in [-0.39, 0.29) is 12.6 Å². The second kappa shape index (κ2) is 5.64. The number of hydrogen-bond acceptors (Lipinski definition) is 2. The molecule has 0 heterocycles. The fourth-order valence-corrected chi connectivity index (χ4v) is 2.06. The number of hydrogen-bond donors (Lipinski definition) is 1. The third kappa shape index (κ3) is 3.30. The van der Waals surface area contributed by atoms with E-state index >= 15 is 0 Å². The Balaban J connectivity index is 2.95. The largest absolute Gasteiger partial charge is 0.396 e. The molecule has 3 heteroatoms. The summed E-state index contributed by atoms with van der Waals surface area (Å²) in [7, 11) is 4.07. The first kappa shape index (κ1) is 12.7. The molecule has 15 heavy (non-hydrogen) atoms. The minimum atomic E-state index is 0.217. The van der Waals surface area contributed by atoms with Gasteiger partial charge in [-0.25, -0.2) is 0 Å². The molecule has 0 aliphatic rings. The summed E-state index contributed by atoms with van der Waals surface area (Å²) in [4.78, 5) is 2.13. The Hall–Kier alpha value is -0.380. The van der Waals surface area contributed by atoms with Crippen LogP contribution in [0.5, 0.6) is 0 Å². The van der Waals surface area contributed by atoms with Crippen LogP contribution in [0.4, 0.5) is 0 Å². The van der Waals surface area contributed by atoms with Crippen molar-refractivity contribution in [2.24, 2.45) is 0 Å². The molecule has 2 nitrogen and oxygen atoms in total. The summed E-state index contributed by atoms with van der Waals surface area (Å²) in [6.07, 6.45) is 0.766. The van der Waals surface area contributed by atoms with Crippen molar-refractivity contribution < 1.29 is 5.11 Å². The Labute approximate surface area is 100 Å². The Kier molecular flexibility index (Phi) is 4.77. The van der Waals surface area contributed by atoms with Crippen molar-refractivity contribution in [3.05, 3.63) is 33.8 Å². The predicted octanol–water partition coefficient (Wildman–Crippen LogP) is 2.74. The summed E-state index contributed by atoms with van der Waals surface area (Å²) < 4.78 is 1.13. The molecule has 1 rings (SSSR count). The third-order valence-electron chi connectivity index (χ3n) is 2.61. The van der Waals surface area contributed by atoms with Crippen LogP contribution in [-0.2, 0) is 0 Å². The smallest absolute Gasteiger partial charge is 0.0449 e. The van der Waals surface area contributed by atoms with Crippen LogP contribution in [0.25, 0.3) is 0 Å². The zero-order valence-electron chi connectivity index (χ0n) is 9.50. The molecule has 0 amide bonds. The topological polar surface area (TPSA) is 23.5 Å². The molecule has 1 aromatic carbocycles. The molecule has 0 saturated heterocycles. The van der Waals surface area contributed by atoms with Crippen LogP contribution >= 0.6 is 15.9 Å². The van der Waals surface area contributed by atoms with E-state index in [2.05, 4.69) is 46.0 Å². The lowest BCUT2D eigenvalue weighted by atomic mass is 10.0. The molecule has 0 aliphatic heterocycles. The van der Waals surface area contributed by atoms with Gasteiger partial charge in [0.1, 0.15) is 0 Å². The van der Waals surface area contributed by atoms with Gasteiger partial charge in [0.25, 0.3) is 0 Å². The summed E-state index contributed by atoms with van der Waals surface area (Å²) in [5.74, 6) is 0. The van der Waals surface area contributed by atoms with Gasteiger partial charge in [-0.2, -0.15) is 0 Å². The maximum Gasteiger partial charge on any atom is 0.0449 e. The van der Waals surface area contributed by atoms with E-state index < -0.39 is 0 Å². The first-order valence-electron chi connectivity index (χ1n) is 5.09. The monoisotopic (exact) mass is 271 g/mol. The van der Waals surface area contributed by atoms with E-state index in [0.29, 0.717) is 0 Å². The number of aliphatic hydroxyl groups is 1. The zero-order chi connectivity index (χ0) is 11.4. The van der Waals surface area contributed by atoms with Gasteiger partial charge >= 0.3 is 0 Å². The van der Waals surface area contributed by atoms with E-state index in [9.17, 15) is 0 Å². The lowest BCUT2D eigenvalue weighted by Crippen LogP contribution is -2.21. The molecular formula is C12H18BrNO. The van der Waals surface area contributed by atoms with Crippen molar-refractivity contribution in [1.29, 1.82) is 0 Å². The Morgan fingerprint density at radius 3 is 2.53 bits per heavy atom. The van der Waals surface area contributed by atoms with Crippen LogP contribution in [0.3, 0.4) is 0 Å². The van der Waals surface area contributed by atoms with Crippen LogP contribution in [0, 0.1) is 6.92 Å². The normalized spacial score (nSPS) is 13.2. The number of nitrogens with zero attached hydrogens (tertiary/aromatic N) is 1. The van der Waals surface area contributed by atoms with E-state index in [0.717, 1.165) is 10.9 Å². The highest BCUT2D eigenvalue weighted by molar-refractivity contribution is 9.10. The first-order chi connectivity index (χ1) is 7.06. The van der Waals surface area contributed by atoms with Gasteiger partial charge in [-0.1, -0.05) is 28.1 Å². The van der Waals surface area contributed by atoms with Gasteiger partial charge in [0.15, 0.2) is 0 Å². The summed E-state index contributed by atoms with van der Waals surface area (Å²) in [5.41, 5.74) is 2.48. The average molecular weight is 272 g/mol. The maximum atomic E-state index is 9.03. The van der Waals surface area contributed by atoms with Gasteiger partial charge in [-0.3, -0.25) is 0 Å². The molecule has 1 unspecified atom stereocenters. The summed E-state index contributed by atoms with van der Waals surface area (Å²) in [5, 5.41) is 9.03. The number of aryl methyl sites for hydroxylation is 1. The van der Waals surface area contributed by atoms with Crippen molar-refractivity contribution in [1.82, 2.24) is 4.90 Å². The first-order valence-corrected chi connectivity index (χ1v) is 5.89. The standard InChI is InChI=1S/C12H18BrNO/c1-9-4-5-10(8-11(9)13)12(6-7-15)14(2)3/h4-5,8,12,15H,6-7H2,1-3H3. The fraction of sp³-hybridized carbons (Fsp3) is 0.500. The molecule has 1 aromatic rings. The molecule has 0 bridgehead atoms. The minimum Gasteiger partial charge on any atom is -0.396 e. The highest BCUT2D eigenvalue weighted by Gasteiger charge is 2.13. The van der Waals surface area contributed by atoms with Crippen LogP contribution in [0.2, 0.25) is 0 Å². The van der Waals surface area contributed by atoms with Crippen LogP contribution < -0.4 is 0 Å². The molecule has 0 aliphatic carbocycles. The number of aliphatic hydroxyl groups excluding tert-OH is 1. The number of benzene rings is 1. The molecule has 0 saturated carbocycles. The molecule has 0 radical (unpaired) electrons.